The molecule has 7 heteroatoms. The Morgan fingerprint density at radius 3 is 2.62 bits per heavy atom. The maximum Gasteiger partial charge on any atom is 0.265 e. The molecule has 0 aliphatic carbocycles. The van der Waals surface area contributed by atoms with Gasteiger partial charge in [-0.3, -0.25) is 4.79 Å². The van der Waals surface area contributed by atoms with Crippen LogP contribution in [0, 0.1) is 0 Å². The Morgan fingerprint density at radius 2 is 2.00 bits per heavy atom. The molecule has 21 heavy (non-hydrogen) atoms. The van der Waals surface area contributed by atoms with E-state index in [0.717, 1.165) is 24.8 Å². The lowest BCUT2D eigenvalue weighted by Crippen LogP contribution is -2.31. The smallest absolute Gasteiger partial charge is 0.265 e. The highest BCUT2D eigenvalue weighted by molar-refractivity contribution is 7.18. The number of rotatable bonds is 5. The van der Waals surface area contributed by atoms with E-state index in [4.69, 9.17) is 5.73 Å². The van der Waals surface area contributed by atoms with Gasteiger partial charge in [-0.15, -0.1) is 0 Å². The summed E-state index contributed by atoms with van der Waals surface area (Å²) < 4.78 is 0. The Labute approximate surface area is 130 Å². The summed E-state index contributed by atoms with van der Waals surface area (Å²) in [5, 5.41) is 3.77. The second kappa shape index (κ2) is 7.61. The van der Waals surface area contributed by atoms with Crippen LogP contribution in [0.15, 0.2) is 0 Å². The number of nitrogen functional groups attached to an aromatic ring is 1. The van der Waals surface area contributed by atoms with Crippen molar-refractivity contribution in [2.75, 3.05) is 50.9 Å². The van der Waals surface area contributed by atoms with E-state index in [1.165, 1.54) is 37.0 Å². The first-order valence-electron chi connectivity index (χ1n) is 7.52. The summed E-state index contributed by atoms with van der Waals surface area (Å²) in [4.78, 5) is 21.4. The minimum absolute atomic E-state index is 0.118. The molecule has 3 N–H and O–H groups in total. The summed E-state index contributed by atoms with van der Waals surface area (Å²) in [6.45, 7) is 3.44. The van der Waals surface area contributed by atoms with Crippen LogP contribution in [-0.4, -0.2) is 56.1 Å². The number of hydrogen-bond donors (Lipinski definition) is 2. The Kier molecular flexibility index (Phi) is 5.81. The number of nitrogens with one attached hydrogen (secondary N) is 1. The van der Waals surface area contributed by atoms with Crippen LogP contribution < -0.4 is 16.0 Å². The van der Waals surface area contributed by atoms with Gasteiger partial charge in [0.25, 0.3) is 5.91 Å². The summed E-state index contributed by atoms with van der Waals surface area (Å²) >= 11 is 1.41. The highest BCUT2D eigenvalue weighted by Gasteiger charge is 2.20. The van der Waals surface area contributed by atoms with Crippen LogP contribution in [0.2, 0.25) is 0 Å². The molecule has 1 saturated heterocycles. The Balaban J connectivity index is 1.99. The summed E-state index contributed by atoms with van der Waals surface area (Å²) in [6.07, 6.45) is 4.91. The monoisotopic (exact) mass is 311 g/mol. The molecule has 0 radical (unpaired) electrons. The molecule has 0 unspecified atom stereocenters. The third-order valence-corrected chi connectivity index (χ3v) is 4.70. The molecule has 1 amide bonds. The molecule has 2 rings (SSSR count). The number of nitrogens with two attached hydrogens (primary N) is 1. The van der Waals surface area contributed by atoms with E-state index in [1.54, 1.807) is 0 Å². The fourth-order valence-corrected chi connectivity index (χ4v) is 3.31. The molecule has 2 heterocycles. The van der Waals surface area contributed by atoms with E-state index in [1.807, 2.05) is 19.0 Å². The van der Waals surface area contributed by atoms with Gasteiger partial charge in [-0.1, -0.05) is 24.2 Å². The molecular weight excluding hydrogens is 286 g/mol. The van der Waals surface area contributed by atoms with Crippen LogP contribution in [0.5, 0.6) is 0 Å². The largest absolute Gasteiger partial charge is 0.382 e. The van der Waals surface area contributed by atoms with Gasteiger partial charge in [0.15, 0.2) is 5.13 Å². The molecule has 1 aliphatic heterocycles. The van der Waals surface area contributed by atoms with Gasteiger partial charge in [0.05, 0.1) is 0 Å². The summed E-state index contributed by atoms with van der Waals surface area (Å²) in [6, 6.07) is 0. The van der Waals surface area contributed by atoms with Crippen LogP contribution in [0.4, 0.5) is 10.9 Å². The number of aromatic nitrogens is 1. The van der Waals surface area contributed by atoms with Gasteiger partial charge in [-0.2, -0.15) is 0 Å². The maximum atomic E-state index is 12.2. The van der Waals surface area contributed by atoms with Gasteiger partial charge in [0, 0.05) is 26.2 Å². The third-order valence-electron chi connectivity index (χ3n) is 3.57. The van der Waals surface area contributed by atoms with E-state index >= 15 is 0 Å². The average Bonchev–Trinajstić information content (AvgIpc) is 2.64. The molecule has 6 nitrogen and oxygen atoms in total. The maximum absolute atomic E-state index is 12.2. The van der Waals surface area contributed by atoms with Crippen LogP contribution in [0.1, 0.15) is 35.4 Å². The predicted octanol–water partition coefficient (Wildman–Crippen LogP) is 1.40. The number of nitrogens with zero attached hydrogens (tertiary/aromatic N) is 3. The summed E-state index contributed by atoms with van der Waals surface area (Å²) in [5.74, 6) is 0.231. The lowest BCUT2D eigenvalue weighted by atomic mass is 10.2. The fourth-order valence-electron chi connectivity index (χ4n) is 2.35. The number of carbonyl (C=O) groups excluding carboxylic acids is 1. The second-order valence-electron chi connectivity index (χ2n) is 5.67. The van der Waals surface area contributed by atoms with Gasteiger partial charge in [-0.25, -0.2) is 4.98 Å². The quantitative estimate of drug-likeness (QED) is 0.860. The van der Waals surface area contributed by atoms with Gasteiger partial charge < -0.3 is 20.9 Å². The zero-order valence-corrected chi connectivity index (χ0v) is 13.7. The van der Waals surface area contributed by atoms with Crippen LogP contribution in [-0.2, 0) is 0 Å². The van der Waals surface area contributed by atoms with Crippen molar-refractivity contribution >= 4 is 28.2 Å². The predicted molar refractivity (Wildman–Crippen MR) is 88.1 cm³/mol. The molecule has 1 aliphatic rings. The molecule has 0 saturated carbocycles. The molecule has 0 spiro atoms. The van der Waals surface area contributed by atoms with Crippen LogP contribution >= 0.6 is 11.3 Å². The van der Waals surface area contributed by atoms with Gasteiger partial charge in [-0.05, 0) is 26.9 Å². The number of carbonyl (C=O) groups is 1. The molecule has 1 aromatic heterocycles. The van der Waals surface area contributed by atoms with Crippen molar-refractivity contribution in [2.45, 2.75) is 25.7 Å². The second-order valence-corrected chi connectivity index (χ2v) is 6.65. The van der Waals surface area contributed by atoms with Gasteiger partial charge >= 0.3 is 0 Å². The van der Waals surface area contributed by atoms with Crippen molar-refractivity contribution in [1.82, 2.24) is 15.2 Å². The number of anilines is 2. The molecule has 118 valence electrons. The van der Waals surface area contributed by atoms with E-state index in [-0.39, 0.29) is 5.91 Å². The number of thiazole rings is 1. The third kappa shape index (κ3) is 4.57. The SMILES string of the molecule is CN(C)CCNC(=O)c1sc(N2CCCCCC2)nc1N. The van der Waals surface area contributed by atoms with E-state index in [0.29, 0.717) is 17.2 Å². The average molecular weight is 311 g/mol. The summed E-state index contributed by atoms with van der Waals surface area (Å²) in [7, 11) is 3.95. The molecular formula is C14H25N5OS. The fraction of sp³-hybridized carbons (Fsp3) is 0.714. The van der Waals surface area contributed by atoms with E-state index in [2.05, 4.69) is 15.2 Å². The molecule has 0 atom stereocenters. The normalized spacial score (nSPS) is 16.0. The standard InChI is InChI=1S/C14H25N5OS/c1-18(2)10-7-16-13(20)11-12(15)17-14(21-11)19-8-5-3-4-6-9-19/h3-10,15H2,1-2H3,(H,16,20). The van der Waals surface area contributed by atoms with E-state index in [9.17, 15) is 4.79 Å². The molecule has 0 aromatic carbocycles. The van der Waals surface area contributed by atoms with Crippen molar-refractivity contribution < 1.29 is 4.79 Å². The van der Waals surface area contributed by atoms with Crippen LogP contribution in [0.3, 0.4) is 0 Å². The van der Waals surface area contributed by atoms with Crippen molar-refractivity contribution in [2.24, 2.45) is 0 Å². The topological polar surface area (TPSA) is 74.5 Å². The number of likely N-dealkylation sites (N-methyl/N-ethyl adjacent to an activating group) is 1. The Bertz CT molecular complexity index is 466. The lowest BCUT2D eigenvalue weighted by Gasteiger charge is -2.18. The number of hydrogen-bond acceptors (Lipinski definition) is 6. The molecule has 1 fully saturated rings. The lowest BCUT2D eigenvalue weighted by molar-refractivity contribution is 0.0956. The van der Waals surface area contributed by atoms with Gasteiger partial charge in [0.2, 0.25) is 0 Å². The Morgan fingerprint density at radius 1 is 1.33 bits per heavy atom. The zero-order valence-electron chi connectivity index (χ0n) is 12.9. The summed E-state index contributed by atoms with van der Waals surface area (Å²) in [5.41, 5.74) is 5.92. The van der Waals surface area contributed by atoms with Crippen LogP contribution in [0.25, 0.3) is 0 Å². The molecule has 1 aromatic rings. The Hall–Kier alpha value is -1.34. The minimum Gasteiger partial charge on any atom is -0.382 e. The van der Waals surface area contributed by atoms with Crippen molar-refractivity contribution in [1.29, 1.82) is 0 Å². The van der Waals surface area contributed by atoms with E-state index < -0.39 is 0 Å². The van der Waals surface area contributed by atoms with Gasteiger partial charge in [0.1, 0.15) is 10.7 Å². The highest BCUT2D eigenvalue weighted by Crippen LogP contribution is 2.29. The van der Waals surface area contributed by atoms with Crippen molar-refractivity contribution in [3.63, 3.8) is 0 Å². The highest BCUT2D eigenvalue weighted by atomic mass is 32.1. The number of amides is 1. The van der Waals surface area contributed by atoms with Crippen molar-refractivity contribution in [3.8, 4) is 0 Å². The minimum atomic E-state index is -0.118. The molecule has 0 bridgehead atoms. The van der Waals surface area contributed by atoms with Crippen molar-refractivity contribution in [3.05, 3.63) is 4.88 Å². The zero-order chi connectivity index (χ0) is 15.2. The first-order valence-corrected chi connectivity index (χ1v) is 8.34. The first-order chi connectivity index (χ1) is 10.1. The first kappa shape index (κ1) is 16.0.